The average Bonchev–Trinajstić information content (AvgIpc) is 3.50. The summed E-state index contributed by atoms with van der Waals surface area (Å²) in [6, 6.07) is 3.39. The van der Waals surface area contributed by atoms with E-state index in [1.165, 1.54) is 6.33 Å². The molecule has 1 saturated heterocycles. The van der Waals surface area contributed by atoms with Crippen molar-refractivity contribution in [3.63, 3.8) is 0 Å². The van der Waals surface area contributed by atoms with Gasteiger partial charge in [-0.2, -0.15) is 18.2 Å². The van der Waals surface area contributed by atoms with Crippen LogP contribution in [0.5, 0.6) is 0 Å². The largest absolute Gasteiger partial charge is 0.455 e. The fourth-order valence-electron chi connectivity index (χ4n) is 5.16. The molecule has 3 N–H and O–H groups in total. The summed E-state index contributed by atoms with van der Waals surface area (Å²) in [6.07, 6.45) is -1.83. The van der Waals surface area contributed by atoms with Crippen LogP contribution >= 0.6 is 0 Å². The monoisotopic (exact) mass is 573 g/mol. The van der Waals surface area contributed by atoms with Crippen LogP contribution in [0.25, 0.3) is 11.6 Å². The number of fused-ring (bicyclic) bond motifs is 1. The summed E-state index contributed by atoms with van der Waals surface area (Å²) in [5, 5.41) is 12.8. The summed E-state index contributed by atoms with van der Waals surface area (Å²) in [4.78, 5) is 31.7. The quantitative estimate of drug-likeness (QED) is 0.350. The molecular weight excluding hydrogens is 539 g/mol. The van der Waals surface area contributed by atoms with Crippen molar-refractivity contribution >= 4 is 23.2 Å². The molecule has 3 aromatic rings. The first kappa shape index (κ1) is 28.7. The third-order valence-electron chi connectivity index (χ3n) is 7.35. The van der Waals surface area contributed by atoms with E-state index in [1.807, 2.05) is 13.8 Å². The zero-order valence-corrected chi connectivity index (χ0v) is 23.7. The van der Waals surface area contributed by atoms with Crippen molar-refractivity contribution in [2.45, 2.75) is 70.5 Å². The number of piperidine rings is 1. The van der Waals surface area contributed by atoms with E-state index in [0.717, 1.165) is 22.8 Å². The first-order valence-corrected chi connectivity index (χ1v) is 13.6. The third kappa shape index (κ3) is 5.97. The van der Waals surface area contributed by atoms with Crippen molar-refractivity contribution in [2.24, 2.45) is 0 Å². The predicted octanol–water partition coefficient (Wildman–Crippen LogP) is 4.35. The Morgan fingerprint density at radius 1 is 1.10 bits per heavy atom. The number of hydrogen-bond donors (Lipinski definition) is 3. The second-order valence-corrected chi connectivity index (χ2v) is 11.9. The maximum absolute atomic E-state index is 13.1. The Kier molecular flexibility index (Phi) is 7.38. The van der Waals surface area contributed by atoms with E-state index in [1.54, 1.807) is 12.1 Å². The maximum atomic E-state index is 13.1. The van der Waals surface area contributed by atoms with E-state index in [4.69, 9.17) is 9.51 Å². The van der Waals surface area contributed by atoms with Crippen molar-refractivity contribution in [3.05, 3.63) is 35.5 Å². The fourth-order valence-corrected chi connectivity index (χ4v) is 5.16. The van der Waals surface area contributed by atoms with Gasteiger partial charge in [-0.05, 0) is 59.6 Å². The highest BCUT2D eigenvalue weighted by Crippen LogP contribution is 2.43. The first-order valence-electron chi connectivity index (χ1n) is 13.6. The predicted molar refractivity (Wildman–Crippen MR) is 147 cm³/mol. The van der Waals surface area contributed by atoms with Crippen LogP contribution in [0.15, 0.2) is 23.0 Å². The van der Waals surface area contributed by atoms with E-state index in [9.17, 15) is 18.0 Å². The lowest BCUT2D eigenvalue weighted by Gasteiger charge is -2.35. The number of hydrogen-bond acceptors (Lipinski definition) is 10. The highest BCUT2D eigenvalue weighted by molar-refractivity contribution is 6.06. The van der Waals surface area contributed by atoms with Gasteiger partial charge in [0.2, 0.25) is 5.91 Å². The number of aromatic nitrogens is 5. The first-order chi connectivity index (χ1) is 19.2. The molecule has 2 aliphatic rings. The van der Waals surface area contributed by atoms with Crippen LogP contribution in [0, 0.1) is 0 Å². The highest BCUT2D eigenvalue weighted by Gasteiger charge is 2.43. The molecule has 0 atom stereocenters. The molecule has 11 nitrogen and oxygen atoms in total. The number of carbonyl (C=O) groups is 1. The molecule has 41 heavy (non-hydrogen) atoms. The number of nitrogens with zero attached hydrogens (tertiary/aromatic N) is 6. The van der Waals surface area contributed by atoms with Gasteiger partial charge in [0.15, 0.2) is 0 Å². The lowest BCUT2D eigenvalue weighted by atomic mass is 9.86. The Morgan fingerprint density at radius 2 is 1.83 bits per heavy atom. The molecule has 0 aliphatic carbocycles. The molecule has 5 heterocycles. The van der Waals surface area contributed by atoms with E-state index >= 15 is 0 Å². The standard InChI is InChI=1S/C27H34F3N9O2/c1-25(2,3)34-11-10-31-16-6-7-17(22-37-23(38-41-22)27(28,29)30)35-19(16)15-8-12-39(13-9-15)21-18-20(32-14-33-21)36-24(40)26(18,4)5/h6-7,14-15,31,34H,8-13H2,1-5H3,(H,32,33,36,40). The number of amides is 1. The number of anilines is 3. The highest BCUT2D eigenvalue weighted by atomic mass is 19.4. The van der Waals surface area contributed by atoms with Gasteiger partial charge < -0.3 is 25.4 Å². The number of rotatable bonds is 7. The molecule has 0 radical (unpaired) electrons. The Labute approximate surface area is 235 Å². The number of pyridine rings is 1. The van der Waals surface area contributed by atoms with Gasteiger partial charge in [-0.1, -0.05) is 5.16 Å². The van der Waals surface area contributed by atoms with Crippen LogP contribution in [0.3, 0.4) is 0 Å². The summed E-state index contributed by atoms with van der Waals surface area (Å²) in [7, 11) is 0. The summed E-state index contributed by atoms with van der Waals surface area (Å²) >= 11 is 0. The molecule has 1 amide bonds. The van der Waals surface area contributed by atoms with Crippen molar-refractivity contribution in [1.82, 2.24) is 30.4 Å². The second kappa shape index (κ2) is 10.5. The zero-order chi connectivity index (χ0) is 29.6. The number of alkyl halides is 3. The Morgan fingerprint density at radius 3 is 2.49 bits per heavy atom. The van der Waals surface area contributed by atoms with Gasteiger partial charge in [0.05, 0.1) is 22.4 Å². The minimum absolute atomic E-state index is 0.0111. The van der Waals surface area contributed by atoms with Gasteiger partial charge in [-0.15, -0.1) is 0 Å². The van der Waals surface area contributed by atoms with Crippen molar-refractivity contribution < 1.29 is 22.5 Å². The minimum atomic E-state index is -4.71. The van der Waals surface area contributed by atoms with Crippen molar-refractivity contribution in [1.29, 1.82) is 0 Å². The topological polar surface area (TPSA) is 134 Å². The van der Waals surface area contributed by atoms with Gasteiger partial charge in [0.1, 0.15) is 23.7 Å². The van der Waals surface area contributed by atoms with Crippen LogP contribution in [0.2, 0.25) is 0 Å². The van der Waals surface area contributed by atoms with Crippen LogP contribution in [0.4, 0.5) is 30.5 Å². The van der Waals surface area contributed by atoms with E-state index in [0.29, 0.717) is 44.8 Å². The van der Waals surface area contributed by atoms with Crippen LogP contribution in [0.1, 0.15) is 70.5 Å². The minimum Gasteiger partial charge on any atom is -0.382 e. The normalized spacial score (nSPS) is 17.5. The van der Waals surface area contributed by atoms with E-state index < -0.39 is 17.4 Å². The molecule has 0 bridgehead atoms. The molecule has 0 unspecified atom stereocenters. The molecule has 0 aromatic carbocycles. The average molecular weight is 574 g/mol. The number of nitrogens with one attached hydrogen (secondary N) is 3. The Hall–Kier alpha value is -3.81. The Bertz CT molecular complexity index is 1420. The lowest BCUT2D eigenvalue weighted by Crippen LogP contribution is -2.39. The molecule has 14 heteroatoms. The van der Waals surface area contributed by atoms with Gasteiger partial charge >= 0.3 is 6.18 Å². The number of carbonyl (C=O) groups excluding carboxylic acids is 1. The second-order valence-electron chi connectivity index (χ2n) is 11.9. The number of halogens is 3. The molecular formula is C27H34F3N9O2. The Balaban J connectivity index is 1.38. The summed E-state index contributed by atoms with van der Waals surface area (Å²) in [6.45, 7) is 12.6. The molecule has 0 saturated carbocycles. The van der Waals surface area contributed by atoms with Crippen LogP contribution in [-0.4, -0.2) is 62.7 Å². The molecule has 5 rings (SSSR count). The SMILES string of the molecule is CC(C)(C)NCCNc1ccc(-c2nc(C(F)(F)F)no2)nc1C1CCN(c2ncnc3c2C(C)(C)C(=O)N3)CC1. The molecule has 0 spiro atoms. The zero-order valence-electron chi connectivity index (χ0n) is 23.7. The van der Waals surface area contributed by atoms with Crippen LogP contribution < -0.4 is 20.9 Å². The molecule has 220 valence electrons. The smallest absolute Gasteiger partial charge is 0.382 e. The van der Waals surface area contributed by atoms with Gasteiger partial charge in [-0.25, -0.2) is 15.0 Å². The molecule has 3 aromatic heterocycles. The summed E-state index contributed by atoms with van der Waals surface area (Å²) < 4.78 is 44.1. The summed E-state index contributed by atoms with van der Waals surface area (Å²) in [5.74, 6) is -0.459. The third-order valence-corrected chi connectivity index (χ3v) is 7.35. The fraction of sp³-hybridized carbons (Fsp3) is 0.556. The van der Waals surface area contributed by atoms with Crippen molar-refractivity contribution in [3.8, 4) is 11.6 Å². The maximum Gasteiger partial charge on any atom is 0.455 e. The summed E-state index contributed by atoms with van der Waals surface area (Å²) in [5.41, 5.74) is 1.71. The van der Waals surface area contributed by atoms with Crippen LogP contribution in [-0.2, 0) is 16.4 Å². The van der Waals surface area contributed by atoms with Crippen molar-refractivity contribution in [2.75, 3.05) is 41.7 Å². The van der Waals surface area contributed by atoms with E-state index in [-0.39, 0.29) is 28.9 Å². The van der Waals surface area contributed by atoms with Gasteiger partial charge in [0, 0.05) is 37.6 Å². The van der Waals surface area contributed by atoms with E-state index in [2.05, 4.69) is 61.7 Å². The van der Waals surface area contributed by atoms with Gasteiger partial charge in [0.25, 0.3) is 11.7 Å². The molecule has 1 fully saturated rings. The van der Waals surface area contributed by atoms with Gasteiger partial charge in [-0.3, -0.25) is 4.79 Å². The molecule has 2 aliphatic heterocycles. The lowest BCUT2D eigenvalue weighted by molar-refractivity contribution is -0.146.